The van der Waals surface area contributed by atoms with Gasteiger partial charge < -0.3 is 33.8 Å². The van der Waals surface area contributed by atoms with Crippen LogP contribution in [0.3, 0.4) is 0 Å². The second-order valence-electron chi connectivity index (χ2n) is 27.0. The summed E-state index contributed by atoms with van der Waals surface area (Å²) in [6.45, 7) is 4.94. The van der Waals surface area contributed by atoms with E-state index in [1.165, 1.54) is 186 Å². The molecule has 0 aliphatic rings. The van der Waals surface area contributed by atoms with Crippen LogP contribution in [0.4, 0.5) is 0 Å². The maximum absolute atomic E-state index is 13.1. The van der Waals surface area contributed by atoms with Gasteiger partial charge in [0.05, 0.1) is 26.4 Å². The van der Waals surface area contributed by atoms with Crippen molar-refractivity contribution < 1.29 is 80.2 Å². The molecule has 0 spiro atoms. The van der Waals surface area contributed by atoms with Gasteiger partial charge in [-0.05, 0) is 77.0 Å². The van der Waals surface area contributed by atoms with E-state index < -0.39 is 97.5 Å². The first-order valence-corrected chi connectivity index (χ1v) is 42.6. The number of aliphatic hydroxyl groups is 1. The van der Waals surface area contributed by atoms with Crippen LogP contribution in [0.25, 0.3) is 0 Å². The van der Waals surface area contributed by atoms with Gasteiger partial charge in [0.1, 0.15) is 19.3 Å². The Kier molecular flexibility index (Phi) is 69.1. The van der Waals surface area contributed by atoms with Crippen LogP contribution in [-0.4, -0.2) is 96.7 Å². The Bertz CT molecular complexity index is 1920. The van der Waals surface area contributed by atoms with Gasteiger partial charge in [0, 0.05) is 25.7 Å². The molecule has 566 valence electrons. The smallest absolute Gasteiger partial charge is 0.462 e. The molecule has 0 amide bonds. The van der Waals surface area contributed by atoms with Gasteiger partial charge in [-0.3, -0.25) is 37.3 Å². The second kappa shape index (κ2) is 71.0. The van der Waals surface area contributed by atoms with Crippen LogP contribution in [-0.2, 0) is 65.4 Å². The number of hydrogen-bond donors (Lipinski definition) is 3. The molecular formula is C77H146O17P2. The molecule has 3 N–H and O–H groups in total. The Morgan fingerprint density at radius 2 is 0.479 bits per heavy atom. The number of phosphoric ester groups is 2. The number of esters is 4. The van der Waals surface area contributed by atoms with E-state index in [1.807, 2.05) is 0 Å². The van der Waals surface area contributed by atoms with Crippen molar-refractivity contribution in [2.75, 3.05) is 39.6 Å². The molecule has 0 aliphatic carbocycles. The number of carbonyl (C=O) groups excluding carboxylic acids is 4. The number of unbranched alkanes of at least 4 members (excludes halogenated alkanes) is 46. The fourth-order valence-corrected chi connectivity index (χ4v) is 12.9. The molecule has 0 saturated carbocycles. The van der Waals surface area contributed by atoms with Gasteiger partial charge in [-0.2, -0.15) is 0 Å². The molecule has 0 radical (unpaired) electrons. The summed E-state index contributed by atoms with van der Waals surface area (Å²) in [6, 6.07) is 0. The molecule has 0 aromatic rings. The first-order chi connectivity index (χ1) is 46.7. The lowest BCUT2D eigenvalue weighted by Gasteiger charge is -2.21. The average molecular weight is 1410 g/mol. The summed E-state index contributed by atoms with van der Waals surface area (Å²) < 4.78 is 68.5. The number of aliphatic hydroxyl groups excluding tert-OH is 1. The van der Waals surface area contributed by atoms with Crippen molar-refractivity contribution in [2.45, 2.75) is 406 Å². The standard InChI is InChI=1S/C77H146O17P2/c1-5-9-13-17-21-25-29-33-35-39-42-46-50-54-58-62-75(80)88-68-72(93-76(81)63-59-55-51-47-43-38-32-28-24-20-16-12-8-4)69-91-95(83,84)89-65-71(78)66-90-96(85,86)92-70-73(67-87-74(79)61-57-53-49-45-41-37-31-27-23-19-15-11-7-3)94-77(82)64-60-56-52-48-44-40-36-34-30-26-22-18-14-10-6-2/h25,29,34,36,71-73,78H,5-24,26-28,30-33,35,37-70H2,1-4H3,(H,83,84)(H,85,86)/b29-25-,36-34-/t71-,72-,73-/m1/s1. The molecule has 0 aromatic carbocycles. The molecule has 0 fully saturated rings. The molecule has 96 heavy (non-hydrogen) atoms. The van der Waals surface area contributed by atoms with Crippen LogP contribution in [0, 0.1) is 0 Å². The van der Waals surface area contributed by atoms with Crippen LogP contribution in [0.15, 0.2) is 24.3 Å². The molecule has 5 atom stereocenters. The Labute approximate surface area is 586 Å². The fraction of sp³-hybridized carbons (Fsp3) is 0.896. The van der Waals surface area contributed by atoms with Gasteiger partial charge in [-0.25, -0.2) is 9.13 Å². The zero-order valence-corrected chi connectivity index (χ0v) is 63.6. The SMILES string of the molecule is CCCCCC/C=C\CCCCCCCCCC(=O)OC[C@H](COP(=O)(O)OC[C@@H](O)COP(=O)(O)OC[C@@H](COC(=O)CCCCCCCCCCCCCCC)OC(=O)CCCCCCC/C=C\CCCCCCCC)OC(=O)CCCCCCCCCCCCCCC. The second-order valence-corrected chi connectivity index (χ2v) is 29.9. The minimum absolute atomic E-state index is 0.0940. The lowest BCUT2D eigenvalue weighted by molar-refractivity contribution is -0.161. The van der Waals surface area contributed by atoms with Crippen LogP contribution in [0.5, 0.6) is 0 Å². The first-order valence-electron chi connectivity index (χ1n) is 39.6. The molecule has 19 heteroatoms. The van der Waals surface area contributed by atoms with Gasteiger partial charge in [-0.1, -0.05) is 309 Å². The van der Waals surface area contributed by atoms with Crippen LogP contribution in [0.2, 0.25) is 0 Å². The van der Waals surface area contributed by atoms with Crippen molar-refractivity contribution in [3.63, 3.8) is 0 Å². The highest BCUT2D eigenvalue weighted by Gasteiger charge is 2.30. The molecule has 0 heterocycles. The van der Waals surface area contributed by atoms with Gasteiger partial charge in [0.15, 0.2) is 12.2 Å². The zero-order valence-electron chi connectivity index (χ0n) is 61.8. The monoisotopic (exact) mass is 1410 g/mol. The molecule has 0 aromatic heterocycles. The third-order valence-electron chi connectivity index (χ3n) is 17.4. The lowest BCUT2D eigenvalue weighted by atomic mass is 10.0. The normalized spacial score (nSPS) is 14.0. The number of ether oxygens (including phenoxy) is 4. The average Bonchev–Trinajstić information content (AvgIpc) is 1.17. The van der Waals surface area contributed by atoms with E-state index in [1.54, 1.807) is 0 Å². The first kappa shape index (κ1) is 93.5. The maximum atomic E-state index is 13.1. The van der Waals surface area contributed by atoms with E-state index in [0.717, 1.165) is 122 Å². The minimum atomic E-state index is -4.96. The molecule has 2 unspecified atom stereocenters. The third kappa shape index (κ3) is 70.0. The zero-order chi connectivity index (χ0) is 70.4. The number of allylic oxidation sites excluding steroid dienone is 4. The highest BCUT2D eigenvalue weighted by Crippen LogP contribution is 2.45. The van der Waals surface area contributed by atoms with Crippen LogP contribution in [0.1, 0.15) is 387 Å². The third-order valence-corrected chi connectivity index (χ3v) is 19.3. The highest BCUT2D eigenvalue weighted by molar-refractivity contribution is 7.47. The van der Waals surface area contributed by atoms with E-state index in [-0.39, 0.29) is 25.7 Å². The van der Waals surface area contributed by atoms with E-state index in [2.05, 4.69) is 52.0 Å². The topological polar surface area (TPSA) is 237 Å². The number of carbonyl (C=O) groups is 4. The summed E-state index contributed by atoms with van der Waals surface area (Å²) >= 11 is 0. The molecule has 0 saturated heterocycles. The Morgan fingerprint density at radius 3 is 0.729 bits per heavy atom. The fourth-order valence-electron chi connectivity index (χ4n) is 11.3. The number of hydrogen-bond acceptors (Lipinski definition) is 15. The molecule has 0 rings (SSSR count). The van der Waals surface area contributed by atoms with Crippen molar-refractivity contribution in [1.82, 2.24) is 0 Å². The predicted octanol–water partition coefficient (Wildman–Crippen LogP) is 22.6. The van der Waals surface area contributed by atoms with E-state index >= 15 is 0 Å². The van der Waals surface area contributed by atoms with E-state index in [0.29, 0.717) is 25.7 Å². The summed E-state index contributed by atoms with van der Waals surface area (Å²) in [6.07, 6.45) is 64.4. The predicted molar refractivity (Wildman–Crippen MR) is 391 cm³/mol. The van der Waals surface area contributed by atoms with E-state index in [4.69, 9.17) is 37.0 Å². The van der Waals surface area contributed by atoms with Crippen LogP contribution < -0.4 is 0 Å². The van der Waals surface area contributed by atoms with E-state index in [9.17, 15) is 43.2 Å². The maximum Gasteiger partial charge on any atom is 0.472 e. The summed E-state index contributed by atoms with van der Waals surface area (Å²) in [4.78, 5) is 72.9. The molecule has 0 aliphatic heterocycles. The summed E-state index contributed by atoms with van der Waals surface area (Å²) in [5.41, 5.74) is 0. The lowest BCUT2D eigenvalue weighted by Crippen LogP contribution is -2.30. The summed E-state index contributed by atoms with van der Waals surface area (Å²) in [5.74, 6) is -2.14. The Hall–Kier alpha value is -2.46. The van der Waals surface area contributed by atoms with Crippen molar-refractivity contribution in [1.29, 1.82) is 0 Å². The summed E-state index contributed by atoms with van der Waals surface area (Å²) in [7, 11) is -9.92. The number of phosphoric acid groups is 2. The van der Waals surface area contributed by atoms with Crippen LogP contribution >= 0.6 is 15.6 Å². The van der Waals surface area contributed by atoms with Gasteiger partial charge in [0.2, 0.25) is 0 Å². The summed E-state index contributed by atoms with van der Waals surface area (Å²) in [5, 5.41) is 10.6. The van der Waals surface area contributed by atoms with Crippen molar-refractivity contribution in [2.24, 2.45) is 0 Å². The molecular weight excluding hydrogens is 1260 g/mol. The quantitative estimate of drug-likeness (QED) is 0.0169. The van der Waals surface area contributed by atoms with Crippen molar-refractivity contribution in [3.05, 3.63) is 24.3 Å². The largest absolute Gasteiger partial charge is 0.472 e. The van der Waals surface area contributed by atoms with Crippen molar-refractivity contribution >= 4 is 39.5 Å². The number of rotatable bonds is 76. The van der Waals surface area contributed by atoms with Gasteiger partial charge in [0.25, 0.3) is 0 Å². The minimum Gasteiger partial charge on any atom is -0.462 e. The highest BCUT2D eigenvalue weighted by atomic mass is 31.2. The Balaban J connectivity index is 5.29. The molecule has 0 bridgehead atoms. The van der Waals surface area contributed by atoms with Gasteiger partial charge >= 0.3 is 39.5 Å². The van der Waals surface area contributed by atoms with Crippen molar-refractivity contribution in [3.8, 4) is 0 Å². The molecule has 17 nitrogen and oxygen atoms in total. The Morgan fingerprint density at radius 1 is 0.281 bits per heavy atom. The van der Waals surface area contributed by atoms with Gasteiger partial charge in [-0.15, -0.1) is 0 Å².